The lowest BCUT2D eigenvalue weighted by Gasteiger charge is -2.51. The summed E-state index contributed by atoms with van der Waals surface area (Å²) >= 11 is 10.8. The molecule has 10 rings (SSSR count). The third-order valence-electron chi connectivity index (χ3n) is 15.8. The van der Waals surface area contributed by atoms with Crippen LogP contribution in [0.5, 0.6) is 0 Å². The summed E-state index contributed by atoms with van der Waals surface area (Å²) < 4.78 is 18.0. The van der Waals surface area contributed by atoms with Crippen LogP contribution in [0.25, 0.3) is 0 Å². The van der Waals surface area contributed by atoms with Crippen molar-refractivity contribution in [3.8, 4) is 0 Å². The molecule has 2 aromatic carbocycles. The molecule has 2 unspecified atom stereocenters. The van der Waals surface area contributed by atoms with Crippen LogP contribution in [-0.2, 0) is 43.0 Å². The van der Waals surface area contributed by atoms with Gasteiger partial charge in [-0.1, -0.05) is 0 Å². The number of nitrogens with one attached hydrogen (secondary N) is 4. The smallest absolute Gasteiger partial charge is 0.338 e. The van der Waals surface area contributed by atoms with Crippen molar-refractivity contribution in [2.45, 2.75) is 24.0 Å². The first-order valence-electron chi connectivity index (χ1n) is 21.3. The van der Waals surface area contributed by atoms with Crippen LogP contribution >= 0.6 is 24.4 Å². The molecule has 4 aliphatic heterocycles. The highest BCUT2D eigenvalue weighted by atomic mass is 32.1. The van der Waals surface area contributed by atoms with E-state index in [9.17, 15) is 49.0 Å². The van der Waals surface area contributed by atoms with Gasteiger partial charge in [0.05, 0.1) is 47.7 Å². The minimum absolute atomic E-state index is 0.0284. The number of likely N-dealkylation sites (tertiary alicyclic amines) is 2. The Bertz CT molecular complexity index is 2270. The lowest BCUT2D eigenvalue weighted by molar-refractivity contribution is -0.385. The number of amides is 4. The number of benzene rings is 2. The zero-order valence-corrected chi connectivity index (χ0v) is 36.3. The molecule has 6 bridgehead atoms. The summed E-state index contributed by atoms with van der Waals surface area (Å²) in [7, 11) is 2.46. The summed E-state index contributed by atoms with van der Waals surface area (Å²) in [6.07, 6.45) is 0.777. The minimum Gasteiger partial charge on any atom is -0.467 e. The van der Waals surface area contributed by atoms with Crippen molar-refractivity contribution in [2.24, 2.45) is 71.0 Å². The molecule has 23 heteroatoms. The zero-order valence-electron chi connectivity index (χ0n) is 34.7. The summed E-state index contributed by atoms with van der Waals surface area (Å²) in [5.74, 6) is -11.2. The molecule has 0 radical (unpaired) electrons. The van der Waals surface area contributed by atoms with Crippen molar-refractivity contribution in [3.63, 3.8) is 0 Å². The van der Waals surface area contributed by atoms with E-state index < -0.39 is 128 Å². The lowest BCUT2D eigenvalue weighted by Crippen LogP contribution is -2.64. The monoisotopic (exact) mass is 930 g/mol. The number of esters is 2. The van der Waals surface area contributed by atoms with Crippen molar-refractivity contribution in [1.82, 2.24) is 20.4 Å². The van der Waals surface area contributed by atoms with Gasteiger partial charge in [-0.15, -0.1) is 0 Å². The highest BCUT2D eigenvalue weighted by Crippen LogP contribution is 2.83. The van der Waals surface area contributed by atoms with Gasteiger partial charge in [-0.25, -0.2) is 9.59 Å². The summed E-state index contributed by atoms with van der Waals surface area (Å²) in [4.78, 5) is 110. The second-order valence-corrected chi connectivity index (χ2v) is 18.8. The number of imide groups is 2. The first kappa shape index (κ1) is 42.7. The Morgan fingerprint density at radius 2 is 0.938 bits per heavy atom. The molecule has 0 aromatic heterocycles. The predicted molar refractivity (Wildman–Crippen MR) is 230 cm³/mol. The average molecular weight is 931 g/mol. The van der Waals surface area contributed by atoms with E-state index in [2.05, 4.69) is 21.3 Å². The summed E-state index contributed by atoms with van der Waals surface area (Å²) in [5, 5.41) is 34.2. The van der Waals surface area contributed by atoms with Crippen molar-refractivity contribution >= 4 is 93.0 Å². The highest BCUT2D eigenvalue weighted by Gasteiger charge is 2.93. The van der Waals surface area contributed by atoms with Crippen LogP contribution in [0.2, 0.25) is 0 Å². The summed E-state index contributed by atoms with van der Waals surface area (Å²) in [5.41, 5.74) is -2.70. The number of nitro benzene ring substituents is 2. The van der Waals surface area contributed by atoms with E-state index in [1.165, 1.54) is 72.6 Å². The molecule has 2 aromatic rings. The van der Waals surface area contributed by atoms with Crippen LogP contribution in [0.4, 0.5) is 22.7 Å². The Hall–Kier alpha value is -6.20. The molecule has 21 nitrogen and oxygen atoms in total. The van der Waals surface area contributed by atoms with E-state index in [4.69, 9.17) is 38.6 Å². The first-order chi connectivity index (χ1) is 31.1. The van der Waals surface area contributed by atoms with Gasteiger partial charge in [-0.3, -0.25) is 49.2 Å². The van der Waals surface area contributed by atoms with E-state index in [1.54, 1.807) is 0 Å². The highest BCUT2D eigenvalue weighted by molar-refractivity contribution is 7.80. The van der Waals surface area contributed by atoms with Crippen LogP contribution in [0, 0.1) is 91.2 Å². The standard InChI is InChI=1S/C42H42N8O13S2/c1-61-37(55)41-29-21-15-23(27-25(21)33(51)47(35(27)53)13-11-43-39(64)45-17-3-7-19(8-4-17)49(57)58)31(29)42(63-41,38(56)62-2)32-24-16-22(30(32)41)26-28(24)36(54)48(34(26)52)14-12-44-40(65)46-18-5-9-20(10-6-18)50(59)60/h3-10,21-32H,11-16H2,1-2H3,(H2,43,45,64)(H2,44,46,65)/t21-,22+,23+,24-,25-,26+,27+,28-,29-,30+,31+,32-,41?,42?. The van der Waals surface area contributed by atoms with E-state index >= 15 is 0 Å². The third-order valence-corrected chi connectivity index (χ3v) is 16.3. The van der Waals surface area contributed by atoms with E-state index in [-0.39, 0.29) is 47.8 Å². The molecule has 4 amide bonds. The number of nitrogens with zero attached hydrogens (tertiary/aromatic N) is 4. The predicted octanol–water partition coefficient (Wildman–Crippen LogP) is 1.61. The minimum atomic E-state index is -1.75. The first-order valence-corrected chi connectivity index (χ1v) is 22.1. The maximum Gasteiger partial charge on any atom is 0.338 e. The van der Waals surface area contributed by atoms with Gasteiger partial charge in [0, 0.05) is 85.5 Å². The average Bonchev–Trinajstić information content (AvgIpc) is 4.17. The number of ether oxygens (including phenoxy) is 3. The Morgan fingerprint density at radius 1 is 0.631 bits per heavy atom. The number of hydrogen-bond donors (Lipinski definition) is 4. The van der Waals surface area contributed by atoms with Gasteiger partial charge in [-0.05, 0) is 85.2 Å². The van der Waals surface area contributed by atoms with Gasteiger partial charge < -0.3 is 35.5 Å². The fraction of sp³-hybridized carbons (Fsp3) is 0.524. The molecular weight excluding hydrogens is 889 g/mol. The van der Waals surface area contributed by atoms with Crippen LogP contribution < -0.4 is 21.3 Å². The molecule has 4 aliphatic carbocycles. The Morgan fingerprint density at radius 3 is 1.22 bits per heavy atom. The fourth-order valence-corrected chi connectivity index (χ4v) is 14.5. The second-order valence-electron chi connectivity index (χ2n) is 18.0. The lowest BCUT2D eigenvalue weighted by atomic mass is 9.47. The van der Waals surface area contributed by atoms with Gasteiger partial charge >= 0.3 is 11.9 Å². The molecule has 4 saturated carbocycles. The normalized spacial score (nSPS) is 36.0. The van der Waals surface area contributed by atoms with Crippen molar-refractivity contribution in [2.75, 3.05) is 51.0 Å². The second kappa shape index (κ2) is 15.2. The Kier molecular flexibility index (Phi) is 9.99. The summed E-state index contributed by atoms with van der Waals surface area (Å²) in [6, 6.07) is 11.3. The van der Waals surface area contributed by atoms with Crippen LogP contribution in [-0.4, -0.2) is 117 Å². The molecular formula is C42H42N8O13S2. The molecule has 0 spiro atoms. The third kappa shape index (κ3) is 5.82. The molecule has 4 saturated heterocycles. The molecule has 8 fully saturated rings. The maximum atomic E-state index is 14.5. The molecule has 4 heterocycles. The number of non-ortho nitro benzene ring substituents is 2. The number of anilines is 2. The quantitative estimate of drug-likeness (QED) is 0.0774. The van der Waals surface area contributed by atoms with Crippen molar-refractivity contribution < 1.29 is 52.8 Å². The van der Waals surface area contributed by atoms with Gasteiger partial charge in [0.1, 0.15) is 0 Å². The number of nitro groups is 2. The van der Waals surface area contributed by atoms with Crippen molar-refractivity contribution in [3.05, 3.63) is 68.8 Å². The number of carbonyl (C=O) groups excluding carboxylic acids is 6. The van der Waals surface area contributed by atoms with Crippen LogP contribution in [0.3, 0.4) is 0 Å². The molecule has 65 heavy (non-hydrogen) atoms. The number of rotatable bonds is 12. The van der Waals surface area contributed by atoms with Crippen LogP contribution in [0.15, 0.2) is 48.5 Å². The maximum absolute atomic E-state index is 14.5. The number of carbonyl (C=O) groups is 6. The fourth-order valence-electron chi connectivity index (χ4n) is 14.1. The Labute approximate surface area is 379 Å². The largest absolute Gasteiger partial charge is 0.467 e. The number of thiocarbonyl (C=S) groups is 2. The van der Waals surface area contributed by atoms with Gasteiger partial charge in [0.2, 0.25) is 23.6 Å². The van der Waals surface area contributed by atoms with E-state index in [0.717, 1.165) is 0 Å². The molecule has 340 valence electrons. The topological polar surface area (TPSA) is 271 Å². The number of methoxy groups -OCH3 is 2. The molecule has 4 N–H and O–H groups in total. The van der Waals surface area contributed by atoms with Gasteiger partial charge in [0.15, 0.2) is 21.4 Å². The molecule has 14 atom stereocenters. The molecule has 8 aliphatic rings. The number of fused-ring (bicyclic) bond motifs is 22. The van der Waals surface area contributed by atoms with Crippen molar-refractivity contribution in [1.29, 1.82) is 0 Å². The van der Waals surface area contributed by atoms with Crippen LogP contribution in [0.1, 0.15) is 12.8 Å². The SMILES string of the molecule is COC(=O)C12OC(C(=O)OC)([C@@H]3[C@@H]4C[C@@H]([C@@H]5C(=O)N(CCNC(=S)Nc6ccc([N+](=O)[O-])cc6)C(=O)[C@H]45)[C@@H]31)[C@H]1[C@H]3C[C@H]([C@H]4C(=O)N(CCNC(=S)Nc5ccc([N+](=O)[O-])cc5)C(=O)[C@@H]34)[C@H]12. The zero-order chi connectivity index (χ0) is 46.0. The summed E-state index contributed by atoms with van der Waals surface area (Å²) in [6.45, 7) is 0.131. The van der Waals surface area contributed by atoms with Gasteiger partial charge in [0.25, 0.3) is 11.4 Å². The Balaban J connectivity index is 0.869. The van der Waals surface area contributed by atoms with E-state index in [0.29, 0.717) is 24.2 Å². The van der Waals surface area contributed by atoms with E-state index in [1.807, 2.05) is 0 Å². The number of hydrogen-bond acceptors (Lipinski definition) is 15. The van der Waals surface area contributed by atoms with Gasteiger partial charge in [-0.2, -0.15) is 0 Å².